The molecule has 11 N–H and O–H groups in total. The van der Waals surface area contributed by atoms with E-state index in [9.17, 15) is 55.4 Å². The van der Waals surface area contributed by atoms with Gasteiger partial charge in [-0.1, -0.05) is 178 Å². The maximum Gasteiger partial charge on any atom is 0.251 e. The summed E-state index contributed by atoms with van der Waals surface area (Å²) in [7, 11) is 0. The Morgan fingerprint density at radius 3 is 1.07 bits per heavy atom. The zero-order chi connectivity index (χ0) is 94.2. The van der Waals surface area contributed by atoms with Crippen LogP contribution in [-0.2, 0) is 6.54 Å². The third-order valence-corrected chi connectivity index (χ3v) is 24.5. The van der Waals surface area contributed by atoms with E-state index in [1.54, 1.807) is 72.7 Å². The monoisotopic (exact) mass is 1840 g/mol. The molecule has 6 heterocycles. The SMILES string of the molecule is CC(C)[C@@H](CO)NC(=O)c1cc(F)c2n[nH]c(-c3ccc4ccccc4c3)c2c1.CSCCNC(=O)c1cc(F)c2n[nH]c(-c3ccc4ccccc4c3)c2c1.O=C(NC1CC1)c1cc(F)c2n[nH]c(-c3ccc4ccccc4c3)c2c1.O=C(NCC1CC1)c1cc(F)c2n[nH]c(-c3ccc4ccccc4c3)c2c1.O=C(NCc1cccnc1)c1cc(F)c2n[nH]c(-c3cccc(F)c3)c2c1. The van der Waals surface area contributed by atoms with Crippen molar-refractivity contribution in [2.24, 2.45) is 11.8 Å². The van der Waals surface area contributed by atoms with Gasteiger partial charge in [0.2, 0.25) is 0 Å². The number of nitrogens with one attached hydrogen (secondary N) is 10. The second-order valence-electron chi connectivity index (χ2n) is 33.7. The smallest absolute Gasteiger partial charge is 0.251 e. The molecule has 20 aromatic rings. The van der Waals surface area contributed by atoms with Crippen molar-refractivity contribution in [3.05, 3.63) is 348 Å². The van der Waals surface area contributed by atoms with Gasteiger partial charge in [-0.2, -0.15) is 37.3 Å². The Morgan fingerprint density at radius 1 is 0.382 bits per heavy atom. The number of hydrogen-bond acceptors (Lipinski definition) is 13. The lowest BCUT2D eigenvalue weighted by Crippen LogP contribution is -2.41. The number of aliphatic hydroxyl groups excluding tert-OH is 1. The Balaban J connectivity index is 0.000000113. The Kier molecular flexibility index (Phi) is 26.7. The van der Waals surface area contributed by atoms with Crippen LogP contribution in [0, 0.1) is 46.7 Å². The summed E-state index contributed by atoms with van der Waals surface area (Å²) in [6.45, 7) is 5.10. The van der Waals surface area contributed by atoms with E-state index >= 15 is 0 Å². The molecule has 0 aliphatic heterocycles. The molecule has 5 amide bonds. The summed E-state index contributed by atoms with van der Waals surface area (Å²) >= 11 is 1.64. The molecule has 0 unspecified atom stereocenters. The van der Waals surface area contributed by atoms with Crippen LogP contribution in [0.25, 0.3) is 154 Å². The average Bonchev–Trinajstić information content (AvgIpc) is 1.60. The number of aliphatic hydroxyl groups is 1. The minimum absolute atomic E-state index is 0.0552. The number of aromatic nitrogens is 11. The van der Waals surface area contributed by atoms with Gasteiger partial charge < -0.3 is 31.7 Å². The normalized spacial score (nSPS) is 12.5. The van der Waals surface area contributed by atoms with E-state index in [-0.39, 0.29) is 81.5 Å². The third kappa shape index (κ3) is 20.3. The molecule has 6 aromatic heterocycles. The summed E-state index contributed by atoms with van der Waals surface area (Å²) < 4.78 is 86.1. The fourth-order valence-corrected chi connectivity index (χ4v) is 16.4. The van der Waals surface area contributed by atoms with Crippen LogP contribution < -0.4 is 26.6 Å². The second kappa shape index (κ2) is 40.1. The first-order valence-electron chi connectivity index (χ1n) is 44.2. The van der Waals surface area contributed by atoms with E-state index in [2.05, 4.69) is 82.6 Å². The van der Waals surface area contributed by atoms with Gasteiger partial charge in [-0.3, -0.25) is 54.5 Å². The van der Waals surface area contributed by atoms with E-state index in [0.29, 0.717) is 96.7 Å². The number of carbonyl (C=O) groups is 5. The predicted molar refractivity (Wildman–Crippen MR) is 522 cm³/mol. The van der Waals surface area contributed by atoms with Crippen molar-refractivity contribution < 1.29 is 55.4 Å². The van der Waals surface area contributed by atoms with E-state index in [1.165, 1.54) is 36.4 Å². The molecule has 14 aromatic carbocycles. The molecule has 680 valence electrons. The van der Waals surface area contributed by atoms with Crippen LogP contribution in [0.1, 0.15) is 96.9 Å². The van der Waals surface area contributed by atoms with Crippen molar-refractivity contribution in [2.45, 2.75) is 58.2 Å². The topological polar surface area (TPSA) is 322 Å². The highest BCUT2D eigenvalue weighted by atomic mass is 32.2. The standard InChI is InChI=1S/C23H22FN3O2.C22H18FN3O.C21H18FN3OS.C21H16FN3O.C20H14F2N4O/c1-13(2)20(12-28)25-23(29)17-10-18-21(26-27-22(18)19(24)11-17)16-8-7-14-5-3-4-6-15(14)9-16;23-19-11-17(22(27)24-12-13-5-6-13)10-18-20(25-26-21(18)19)16-8-7-14-3-1-2-4-15(14)9-16;1-27-9-8-23-21(26)16-11-17-19(24-25-20(17)18(22)12-16)15-7-6-13-4-2-3-5-14(13)10-15;22-18-11-15(21(26)23-16-7-8-16)10-17-19(24-25-20(17)18)14-6-5-12-3-1-2-4-13(12)9-14;21-15-5-1-4-13(7-15)18-16-8-14(9-17(22)19(16)26-25-18)20(27)24-11-12-3-2-6-23-10-12/h3-11,13,20,28H,12H2,1-2H3,(H,25,29)(H,26,27);1-4,7-11,13H,5-6,12H2,(H,24,27)(H,25,26);2-7,10-12H,8-9H2,1H3,(H,23,26)(H,24,25);1-6,9-11,16H,7-8H2,(H,23,26)(H,24,25);1-10H,11H2,(H,24,27)(H,25,26)/t20-;;;;/m1..../s1. The minimum Gasteiger partial charge on any atom is -0.394 e. The summed E-state index contributed by atoms with van der Waals surface area (Å²) in [5.74, 6) is -3.28. The molecule has 2 aliphatic rings. The highest BCUT2D eigenvalue weighted by Crippen LogP contribution is 2.39. The first kappa shape index (κ1) is 90.4. The van der Waals surface area contributed by atoms with Crippen LogP contribution in [0.3, 0.4) is 0 Å². The van der Waals surface area contributed by atoms with Gasteiger partial charge in [-0.15, -0.1) is 0 Å². The first-order chi connectivity index (χ1) is 66.1. The van der Waals surface area contributed by atoms with E-state index in [0.717, 1.165) is 108 Å². The molecule has 0 spiro atoms. The van der Waals surface area contributed by atoms with Crippen LogP contribution in [0.5, 0.6) is 0 Å². The largest absolute Gasteiger partial charge is 0.394 e. The van der Waals surface area contributed by atoms with Crippen molar-refractivity contribution in [1.29, 1.82) is 0 Å². The molecule has 22 nitrogen and oxygen atoms in total. The molecule has 22 rings (SSSR count). The highest BCUT2D eigenvalue weighted by molar-refractivity contribution is 7.98. The van der Waals surface area contributed by atoms with Gasteiger partial charge >= 0.3 is 0 Å². The van der Waals surface area contributed by atoms with Gasteiger partial charge in [0.05, 0.1) is 41.1 Å². The molecule has 136 heavy (non-hydrogen) atoms. The molecule has 2 fully saturated rings. The van der Waals surface area contributed by atoms with Crippen LogP contribution in [0.15, 0.2) is 279 Å². The molecule has 0 bridgehead atoms. The van der Waals surface area contributed by atoms with Crippen molar-refractivity contribution >= 4 is 139 Å². The van der Waals surface area contributed by atoms with Crippen LogP contribution in [-0.4, -0.2) is 134 Å². The Bertz CT molecular complexity index is 7950. The Hall–Kier alpha value is -16.1. The second-order valence-corrected chi connectivity index (χ2v) is 34.7. The number of amides is 5. The van der Waals surface area contributed by atoms with Gasteiger partial charge in [0.15, 0.2) is 29.1 Å². The van der Waals surface area contributed by atoms with Crippen molar-refractivity contribution in [1.82, 2.24) is 82.6 Å². The average molecular weight is 1840 g/mol. The molecule has 29 heteroatoms. The van der Waals surface area contributed by atoms with Crippen LogP contribution in [0.4, 0.5) is 26.3 Å². The van der Waals surface area contributed by atoms with E-state index in [1.807, 2.05) is 196 Å². The number of benzene rings is 14. The van der Waals surface area contributed by atoms with Crippen molar-refractivity contribution in [3.8, 4) is 56.3 Å². The summed E-state index contributed by atoms with van der Waals surface area (Å²) in [4.78, 5) is 66.1. The predicted octanol–water partition coefficient (Wildman–Crippen LogP) is 21.8. The third-order valence-electron chi connectivity index (χ3n) is 23.9. The Labute approximate surface area is 777 Å². The quantitative estimate of drug-likeness (QED) is 0.0236. The highest BCUT2D eigenvalue weighted by Gasteiger charge is 2.28. The number of aromatic amines is 5. The van der Waals surface area contributed by atoms with Gasteiger partial charge in [-0.25, -0.2) is 26.3 Å². The number of nitrogens with zero attached hydrogens (tertiary/aromatic N) is 6. The lowest BCUT2D eigenvalue weighted by atomic mass is 10.0. The van der Waals surface area contributed by atoms with Gasteiger partial charge in [0.25, 0.3) is 29.5 Å². The Morgan fingerprint density at radius 2 is 0.735 bits per heavy atom. The van der Waals surface area contributed by atoms with Crippen LogP contribution >= 0.6 is 11.8 Å². The number of hydrogen-bond donors (Lipinski definition) is 11. The molecular weight excluding hydrogens is 1750 g/mol. The fraction of sp³-hybridized carbons (Fsp3) is 0.150. The number of halogens is 6. The van der Waals surface area contributed by atoms with Gasteiger partial charge in [0, 0.05) is 126 Å². The molecule has 0 radical (unpaired) electrons. The zero-order valence-electron chi connectivity index (χ0n) is 73.6. The maximum atomic E-state index is 14.7. The molecule has 0 saturated heterocycles. The lowest BCUT2D eigenvalue weighted by molar-refractivity contribution is 0.0894. The number of H-pyrrole nitrogens is 5. The number of fused-ring (bicyclic) bond motifs is 9. The van der Waals surface area contributed by atoms with Crippen molar-refractivity contribution in [3.63, 3.8) is 0 Å². The lowest BCUT2D eigenvalue weighted by Gasteiger charge is -2.19. The van der Waals surface area contributed by atoms with Gasteiger partial charge in [0.1, 0.15) is 33.4 Å². The molecule has 1 atom stereocenters. The fourth-order valence-electron chi connectivity index (χ4n) is 16.1. The molecule has 2 aliphatic carbocycles. The number of thioether (sulfide) groups is 1. The summed E-state index contributed by atoms with van der Waals surface area (Å²) in [5.41, 5.74) is 10.5. The van der Waals surface area contributed by atoms with Gasteiger partial charge in [-0.05, 0) is 196 Å². The molecular formula is C107H88F6N16O6S. The first-order valence-corrected chi connectivity index (χ1v) is 45.6. The minimum atomic E-state index is -0.627. The van der Waals surface area contributed by atoms with E-state index < -0.39 is 52.8 Å². The summed E-state index contributed by atoms with van der Waals surface area (Å²) in [6, 6.07) is 79.9. The number of rotatable bonds is 21. The summed E-state index contributed by atoms with van der Waals surface area (Å²) in [5, 5.41) is 70.0. The summed E-state index contributed by atoms with van der Waals surface area (Å²) in [6.07, 6.45) is 9.54. The molecule has 2 saturated carbocycles. The van der Waals surface area contributed by atoms with E-state index in [4.69, 9.17) is 0 Å². The van der Waals surface area contributed by atoms with Crippen LogP contribution in [0.2, 0.25) is 0 Å². The van der Waals surface area contributed by atoms with Crippen molar-refractivity contribution in [2.75, 3.05) is 31.7 Å². The number of carbonyl (C=O) groups excluding carboxylic acids is 5. The zero-order valence-corrected chi connectivity index (χ0v) is 74.4. The maximum absolute atomic E-state index is 14.7. The number of pyridine rings is 1.